The monoisotopic (exact) mass is 253 g/mol. The van der Waals surface area contributed by atoms with E-state index in [2.05, 4.69) is 19.2 Å². The van der Waals surface area contributed by atoms with Gasteiger partial charge >= 0.3 is 0 Å². The van der Waals surface area contributed by atoms with E-state index in [1.54, 1.807) is 21.3 Å². The van der Waals surface area contributed by atoms with Crippen LogP contribution in [-0.2, 0) is 6.42 Å². The lowest BCUT2D eigenvalue weighted by Crippen LogP contribution is -2.25. The van der Waals surface area contributed by atoms with E-state index in [9.17, 15) is 0 Å². The van der Waals surface area contributed by atoms with Crippen LogP contribution in [0.2, 0.25) is 0 Å². The van der Waals surface area contributed by atoms with Gasteiger partial charge in [0.25, 0.3) is 0 Å². The molecule has 18 heavy (non-hydrogen) atoms. The highest BCUT2D eigenvalue weighted by Crippen LogP contribution is 2.34. The highest BCUT2D eigenvalue weighted by molar-refractivity contribution is 5.50. The van der Waals surface area contributed by atoms with Crippen LogP contribution in [-0.4, -0.2) is 33.9 Å². The van der Waals surface area contributed by atoms with Crippen molar-refractivity contribution in [2.45, 2.75) is 26.3 Å². The van der Waals surface area contributed by atoms with E-state index in [1.165, 1.54) is 0 Å². The van der Waals surface area contributed by atoms with Gasteiger partial charge in [-0.25, -0.2) is 0 Å². The molecule has 1 aromatic rings. The lowest BCUT2D eigenvalue weighted by atomic mass is 10.1. The number of benzene rings is 1. The largest absolute Gasteiger partial charge is 0.496 e. The first-order valence-electron chi connectivity index (χ1n) is 6.14. The fraction of sp³-hybridized carbons (Fsp3) is 0.571. The molecule has 0 unspecified atom stereocenters. The molecule has 0 aliphatic rings. The fourth-order valence-electron chi connectivity index (χ4n) is 1.81. The van der Waals surface area contributed by atoms with E-state index in [4.69, 9.17) is 14.2 Å². The molecule has 0 saturated heterocycles. The van der Waals surface area contributed by atoms with E-state index in [1.807, 2.05) is 12.1 Å². The number of hydrogen-bond acceptors (Lipinski definition) is 4. The number of hydrogen-bond donors (Lipinski definition) is 1. The van der Waals surface area contributed by atoms with E-state index in [0.29, 0.717) is 6.04 Å². The van der Waals surface area contributed by atoms with Crippen molar-refractivity contribution in [1.29, 1.82) is 0 Å². The molecule has 0 bridgehead atoms. The molecule has 0 fully saturated rings. The van der Waals surface area contributed by atoms with Gasteiger partial charge in [-0.2, -0.15) is 0 Å². The van der Waals surface area contributed by atoms with Gasteiger partial charge in [0.1, 0.15) is 17.2 Å². The van der Waals surface area contributed by atoms with Gasteiger partial charge in [0.2, 0.25) is 0 Å². The van der Waals surface area contributed by atoms with Gasteiger partial charge in [0.15, 0.2) is 0 Å². The second-order valence-electron chi connectivity index (χ2n) is 4.37. The maximum Gasteiger partial charge on any atom is 0.129 e. The SMILES string of the molecule is COc1cc(OC)c(CCNC(C)C)c(OC)c1. The Morgan fingerprint density at radius 1 is 1.00 bits per heavy atom. The molecule has 102 valence electrons. The van der Waals surface area contributed by atoms with Crippen LogP contribution < -0.4 is 19.5 Å². The summed E-state index contributed by atoms with van der Waals surface area (Å²) >= 11 is 0. The Labute approximate surface area is 109 Å². The van der Waals surface area contributed by atoms with E-state index in [0.717, 1.165) is 35.8 Å². The highest BCUT2D eigenvalue weighted by atomic mass is 16.5. The van der Waals surface area contributed by atoms with Gasteiger partial charge in [-0.15, -0.1) is 0 Å². The zero-order valence-corrected chi connectivity index (χ0v) is 11.9. The average Bonchev–Trinajstić information content (AvgIpc) is 2.37. The molecule has 1 N–H and O–H groups in total. The Balaban J connectivity index is 2.92. The van der Waals surface area contributed by atoms with Crippen LogP contribution in [0.5, 0.6) is 17.2 Å². The minimum atomic E-state index is 0.472. The van der Waals surface area contributed by atoms with Gasteiger partial charge in [-0.05, 0) is 13.0 Å². The first kappa shape index (κ1) is 14.6. The molecule has 0 saturated carbocycles. The van der Waals surface area contributed by atoms with Crippen molar-refractivity contribution in [1.82, 2.24) is 5.32 Å². The third-order valence-corrected chi connectivity index (χ3v) is 2.74. The zero-order valence-electron chi connectivity index (χ0n) is 11.9. The Kier molecular flexibility index (Phi) is 5.78. The van der Waals surface area contributed by atoms with Crippen LogP contribution in [0.4, 0.5) is 0 Å². The Bertz CT molecular complexity index is 352. The summed E-state index contributed by atoms with van der Waals surface area (Å²) in [5.41, 5.74) is 1.06. The standard InChI is InChI=1S/C14H23NO3/c1-10(2)15-7-6-12-13(17-4)8-11(16-3)9-14(12)18-5/h8-10,15H,6-7H2,1-5H3. The molecule has 0 spiro atoms. The van der Waals surface area contributed by atoms with Gasteiger partial charge in [-0.3, -0.25) is 0 Å². The third-order valence-electron chi connectivity index (χ3n) is 2.74. The minimum absolute atomic E-state index is 0.472. The zero-order chi connectivity index (χ0) is 13.5. The van der Waals surface area contributed by atoms with Crippen LogP contribution in [0, 0.1) is 0 Å². The first-order chi connectivity index (χ1) is 8.62. The number of methoxy groups -OCH3 is 3. The molecule has 4 nitrogen and oxygen atoms in total. The van der Waals surface area contributed by atoms with Crippen molar-refractivity contribution in [3.63, 3.8) is 0 Å². The lowest BCUT2D eigenvalue weighted by Gasteiger charge is -2.16. The summed E-state index contributed by atoms with van der Waals surface area (Å²) in [6.45, 7) is 5.14. The summed E-state index contributed by atoms with van der Waals surface area (Å²) in [4.78, 5) is 0. The number of rotatable bonds is 7. The van der Waals surface area contributed by atoms with Gasteiger partial charge in [0, 0.05) is 23.7 Å². The van der Waals surface area contributed by atoms with Crippen molar-refractivity contribution in [2.75, 3.05) is 27.9 Å². The topological polar surface area (TPSA) is 39.7 Å². The highest BCUT2D eigenvalue weighted by Gasteiger charge is 2.12. The molecule has 0 aromatic heterocycles. The second kappa shape index (κ2) is 7.11. The molecule has 0 aliphatic heterocycles. The molecule has 1 aromatic carbocycles. The summed E-state index contributed by atoms with van der Waals surface area (Å²) in [6.07, 6.45) is 0.856. The molecule has 1 rings (SSSR count). The van der Waals surface area contributed by atoms with Crippen LogP contribution >= 0.6 is 0 Å². The van der Waals surface area contributed by atoms with Crippen LogP contribution in [0.15, 0.2) is 12.1 Å². The maximum absolute atomic E-state index is 5.40. The molecular weight excluding hydrogens is 230 g/mol. The molecule has 4 heteroatoms. The Morgan fingerprint density at radius 2 is 1.56 bits per heavy atom. The molecule has 0 heterocycles. The predicted molar refractivity (Wildman–Crippen MR) is 72.9 cm³/mol. The maximum atomic E-state index is 5.40. The average molecular weight is 253 g/mol. The summed E-state index contributed by atoms with van der Waals surface area (Å²) in [5, 5.41) is 3.38. The van der Waals surface area contributed by atoms with Gasteiger partial charge in [0.05, 0.1) is 21.3 Å². The Hall–Kier alpha value is -1.42. The normalized spacial score (nSPS) is 10.6. The smallest absolute Gasteiger partial charge is 0.129 e. The predicted octanol–water partition coefficient (Wildman–Crippen LogP) is 2.25. The molecule has 0 aliphatic carbocycles. The van der Waals surface area contributed by atoms with Crippen LogP contribution in [0.25, 0.3) is 0 Å². The van der Waals surface area contributed by atoms with Crippen molar-refractivity contribution < 1.29 is 14.2 Å². The Morgan fingerprint density at radius 3 is 1.94 bits per heavy atom. The summed E-state index contributed by atoms with van der Waals surface area (Å²) in [5.74, 6) is 2.35. The summed E-state index contributed by atoms with van der Waals surface area (Å²) < 4.78 is 16.0. The van der Waals surface area contributed by atoms with E-state index >= 15 is 0 Å². The number of nitrogens with one attached hydrogen (secondary N) is 1. The van der Waals surface area contributed by atoms with E-state index < -0.39 is 0 Å². The van der Waals surface area contributed by atoms with Crippen LogP contribution in [0.3, 0.4) is 0 Å². The van der Waals surface area contributed by atoms with Crippen molar-refractivity contribution in [3.05, 3.63) is 17.7 Å². The number of ether oxygens (including phenoxy) is 3. The third kappa shape index (κ3) is 3.81. The quantitative estimate of drug-likeness (QED) is 0.809. The molecule has 0 amide bonds. The van der Waals surface area contributed by atoms with Crippen LogP contribution in [0.1, 0.15) is 19.4 Å². The lowest BCUT2D eigenvalue weighted by molar-refractivity contribution is 0.368. The molecule has 0 atom stereocenters. The van der Waals surface area contributed by atoms with Crippen molar-refractivity contribution in [2.24, 2.45) is 0 Å². The van der Waals surface area contributed by atoms with Crippen molar-refractivity contribution >= 4 is 0 Å². The molecule has 0 radical (unpaired) electrons. The second-order valence-corrected chi connectivity index (χ2v) is 4.37. The summed E-state index contributed by atoms with van der Waals surface area (Å²) in [7, 11) is 4.95. The molecular formula is C14H23NO3. The summed E-state index contributed by atoms with van der Waals surface area (Å²) in [6, 6.07) is 4.24. The minimum Gasteiger partial charge on any atom is -0.496 e. The fourth-order valence-corrected chi connectivity index (χ4v) is 1.81. The van der Waals surface area contributed by atoms with E-state index in [-0.39, 0.29) is 0 Å². The first-order valence-corrected chi connectivity index (χ1v) is 6.14. The van der Waals surface area contributed by atoms with Gasteiger partial charge < -0.3 is 19.5 Å². The van der Waals surface area contributed by atoms with Crippen molar-refractivity contribution in [3.8, 4) is 17.2 Å². The van der Waals surface area contributed by atoms with Gasteiger partial charge in [-0.1, -0.05) is 13.8 Å².